The molecular weight excluding hydrogens is 417 g/mol. The third-order valence-corrected chi connectivity index (χ3v) is 5.55. The normalized spacial score (nSPS) is 17.4. The van der Waals surface area contributed by atoms with Crippen LogP contribution in [0, 0.1) is 11.7 Å². The first kappa shape index (κ1) is 19.9. The number of amides is 1. The molecule has 2 unspecified atom stereocenters. The largest absolute Gasteiger partial charge is 0.493 e. The zero-order valence-electron chi connectivity index (χ0n) is 17.6. The van der Waals surface area contributed by atoms with E-state index in [1.165, 1.54) is 37.5 Å². The van der Waals surface area contributed by atoms with Crippen LogP contribution in [0.4, 0.5) is 10.2 Å². The fourth-order valence-electron chi connectivity index (χ4n) is 3.82. The molecular formula is C21H20FN7O3. The van der Waals surface area contributed by atoms with Crippen LogP contribution in [0.5, 0.6) is 11.6 Å². The quantitative estimate of drug-likeness (QED) is 0.493. The van der Waals surface area contributed by atoms with E-state index in [-0.39, 0.29) is 17.7 Å². The highest BCUT2D eigenvalue weighted by atomic mass is 19.1. The van der Waals surface area contributed by atoms with Gasteiger partial charge in [-0.25, -0.2) is 19.3 Å². The molecule has 0 radical (unpaired) electrons. The summed E-state index contributed by atoms with van der Waals surface area (Å²) in [5, 5.41) is 6.94. The number of ether oxygens (including phenoxy) is 2. The van der Waals surface area contributed by atoms with Gasteiger partial charge < -0.3 is 19.2 Å². The summed E-state index contributed by atoms with van der Waals surface area (Å²) in [6.45, 7) is 0. The Morgan fingerprint density at radius 2 is 2.06 bits per heavy atom. The Hall–Kier alpha value is -4.02. The van der Waals surface area contributed by atoms with Crippen LogP contribution in [0.3, 0.4) is 0 Å². The molecule has 1 amide bonds. The summed E-state index contributed by atoms with van der Waals surface area (Å²) in [5.74, 6) is 0.419. The van der Waals surface area contributed by atoms with Crippen molar-refractivity contribution in [3.05, 3.63) is 48.6 Å². The molecule has 0 bridgehead atoms. The molecule has 1 aliphatic carbocycles. The highest BCUT2D eigenvalue weighted by molar-refractivity contribution is 5.94. The van der Waals surface area contributed by atoms with Crippen LogP contribution >= 0.6 is 0 Å². The maximum absolute atomic E-state index is 14.8. The van der Waals surface area contributed by atoms with E-state index in [4.69, 9.17) is 9.47 Å². The molecule has 5 rings (SSSR count). The first-order chi connectivity index (χ1) is 15.5. The van der Waals surface area contributed by atoms with Gasteiger partial charge in [-0.05, 0) is 6.42 Å². The molecule has 4 aromatic heterocycles. The molecule has 4 heterocycles. The number of hydrogen-bond donors (Lipinski definition) is 1. The molecule has 0 aliphatic heterocycles. The molecule has 164 valence electrons. The highest BCUT2D eigenvalue weighted by Crippen LogP contribution is 2.47. The molecule has 1 aliphatic rings. The summed E-state index contributed by atoms with van der Waals surface area (Å²) in [7, 11) is 4.75. The molecule has 4 aromatic rings. The third kappa shape index (κ3) is 3.41. The minimum Gasteiger partial charge on any atom is -0.493 e. The zero-order chi connectivity index (χ0) is 22.4. The van der Waals surface area contributed by atoms with Crippen molar-refractivity contribution in [1.82, 2.24) is 29.1 Å². The number of aromatic nitrogens is 6. The van der Waals surface area contributed by atoms with Crippen molar-refractivity contribution in [1.29, 1.82) is 0 Å². The van der Waals surface area contributed by atoms with Gasteiger partial charge in [0.05, 0.1) is 37.9 Å². The van der Waals surface area contributed by atoms with Crippen LogP contribution in [-0.2, 0) is 11.8 Å². The Morgan fingerprint density at radius 3 is 2.84 bits per heavy atom. The molecule has 11 heteroatoms. The van der Waals surface area contributed by atoms with E-state index < -0.39 is 5.82 Å². The number of rotatable bonds is 6. The van der Waals surface area contributed by atoms with Crippen LogP contribution in [0.25, 0.3) is 16.9 Å². The number of nitrogens with one attached hydrogen (secondary N) is 1. The standard InChI is InChI=1S/C21H20FN7O3/c1-28-20(16(31-2)7-25-28)13-8-29-9-17(26-18(29)5-14(13)22)27-21(30)12-4-11(12)15-6-19(32-3)24-10-23-15/h5-12H,4H2,1-3H3,(H,27,30). The zero-order valence-corrected chi connectivity index (χ0v) is 17.6. The van der Waals surface area contributed by atoms with Gasteiger partial charge in [0.25, 0.3) is 0 Å². The number of imidazole rings is 1. The number of methoxy groups -OCH3 is 2. The van der Waals surface area contributed by atoms with Gasteiger partial charge >= 0.3 is 0 Å². The average Bonchev–Trinajstić information content (AvgIpc) is 3.39. The molecule has 1 N–H and O–H groups in total. The van der Waals surface area contributed by atoms with Gasteiger partial charge in [0.2, 0.25) is 11.8 Å². The van der Waals surface area contributed by atoms with Crippen molar-refractivity contribution in [2.45, 2.75) is 12.3 Å². The van der Waals surface area contributed by atoms with Gasteiger partial charge in [0.1, 0.15) is 23.5 Å². The van der Waals surface area contributed by atoms with Gasteiger partial charge in [-0.15, -0.1) is 0 Å². The average molecular weight is 437 g/mol. The van der Waals surface area contributed by atoms with E-state index in [0.717, 1.165) is 5.69 Å². The Bertz CT molecular complexity index is 1330. The Balaban J connectivity index is 1.36. The first-order valence-electron chi connectivity index (χ1n) is 9.90. The maximum Gasteiger partial charge on any atom is 0.229 e. The summed E-state index contributed by atoms with van der Waals surface area (Å²) >= 11 is 0. The minimum atomic E-state index is -0.470. The number of aryl methyl sites for hydroxylation is 1. The van der Waals surface area contributed by atoms with E-state index in [9.17, 15) is 9.18 Å². The van der Waals surface area contributed by atoms with Gasteiger partial charge in [-0.1, -0.05) is 0 Å². The van der Waals surface area contributed by atoms with Crippen molar-refractivity contribution in [2.24, 2.45) is 13.0 Å². The molecule has 1 fully saturated rings. The predicted octanol–water partition coefficient (Wildman–Crippen LogP) is 2.42. The van der Waals surface area contributed by atoms with E-state index in [2.05, 4.69) is 25.4 Å². The number of fused-ring (bicyclic) bond motifs is 1. The van der Waals surface area contributed by atoms with E-state index in [1.54, 1.807) is 29.9 Å². The second kappa shape index (κ2) is 7.59. The number of anilines is 1. The predicted molar refractivity (Wildman–Crippen MR) is 112 cm³/mol. The summed E-state index contributed by atoms with van der Waals surface area (Å²) in [6.07, 6.45) is 6.87. The highest BCUT2D eigenvalue weighted by Gasteiger charge is 2.45. The lowest BCUT2D eigenvalue weighted by molar-refractivity contribution is -0.117. The van der Waals surface area contributed by atoms with Crippen LogP contribution in [-0.4, -0.2) is 49.3 Å². The number of carbonyl (C=O) groups is 1. The van der Waals surface area contributed by atoms with Crippen molar-refractivity contribution in [2.75, 3.05) is 19.5 Å². The second-order valence-corrected chi connectivity index (χ2v) is 7.53. The topological polar surface area (TPSA) is 108 Å². The summed E-state index contributed by atoms with van der Waals surface area (Å²) < 4.78 is 28.4. The Kier molecular flexibility index (Phi) is 4.72. The van der Waals surface area contributed by atoms with Crippen LogP contribution in [0.2, 0.25) is 0 Å². The molecule has 10 nitrogen and oxygen atoms in total. The van der Waals surface area contributed by atoms with Crippen molar-refractivity contribution >= 4 is 17.4 Å². The van der Waals surface area contributed by atoms with Gasteiger partial charge in [-0.2, -0.15) is 5.10 Å². The summed E-state index contributed by atoms with van der Waals surface area (Å²) in [5.41, 5.74) is 1.95. The summed E-state index contributed by atoms with van der Waals surface area (Å²) in [6, 6.07) is 3.05. The number of carbonyl (C=O) groups excluding carboxylic acids is 1. The second-order valence-electron chi connectivity index (χ2n) is 7.53. The number of nitrogens with zero attached hydrogens (tertiary/aromatic N) is 6. The van der Waals surface area contributed by atoms with Crippen molar-refractivity contribution in [3.63, 3.8) is 0 Å². The van der Waals surface area contributed by atoms with Gasteiger partial charge in [-0.3, -0.25) is 9.48 Å². The van der Waals surface area contributed by atoms with E-state index in [0.29, 0.717) is 40.8 Å². The molecule has 2 atom stereocenters. The van der Waals surface area contributed by atoms with Gasteiger partial charge in [0, 0.05) is 37.2 Å². The van der Waals surface area contributed by atoms with Crippen molar-refractivity contribution in [3.8, 4) is 22.9 Å². The maximum atomic E-state index is 14.8. The van der Waals surface area contributed by atoms with Gasteiger partial charge in [0.15, 0.2) is 11.6 Å². The lowest BCUT2D eigenvalue weighted by Gasteiger charge is -2.07. The lowest BCUT2D eigenvalue weighted by Crippen LogP contribution is -2.15. The fraction of sp³-hybridized carbons (Fsp3) is 0.286. The minimum absolute atomic E-state index is 0.00489. The monoisotopic (exact) mass is 437 g/mol. The lowest BCUT2D eigenvalue weighted by atomic mass is 10.2. The molecule has 0 spiro atoms. The van der Waals surface area contributed by atoms with Crippen LogP contribution < -0.4 is 14.8 Å². The molecule has 0 saturated heterocycles. The first-order valence-corrected chi connectivity index (χ1v) is 9.90. The smallest absolute Gasteiger partial charge is 0.229 e. The number of hydrogen-bond acceptors (Lipinski definition) is 7. The van der Waals surface area contributed by atoms with E-state index >= 15 is 0 Å². The Morgan fingerprint density at radius 1 is 1.22 bits per heavy atom. The third-order valence-electron chi connectivity index (χ3n) is 5.55. The SMILES string of the molecule is COc1cc(C2CC2C(=O)Nc2cn3cc(-c4c(OC)cnn4C)c(F)cc3n2)ncn1. The van der Waals surface area contributed by atoms with Crippen LogP contribution in [0.15, 0.2) is 37.1 Å². The molecule has 32 heavy (non-hydrogen) atoms. The van der Waals surface area contributed by atoms with Crippen LogP contribution in [0.1, 0.15) is 18.0 Å². The van der Waals surface area contributed by atoms with Crippen molar-refractivity contribution < 1.29 is 18.7 Å². The number of pyridine rings is 1. The number of halogens is 1. The Labute approximate surface area is 182 Å². The molecule has 1 saturated carbocycles. The summed E-state index contributed by atoms with van der Waals surface area (Å²) in [4.78, 5) is 25.3. The molecule has 0 aromatic carbocycles. The fourth-order valence-corrected chi connectivity index (χ4v) is 3.82. The van der Waals surface area contributed by atoms with E-state index in [1.807, 2.05) is 0 Å².